The van der Waals surface area contributed by atoms with Crippen molar-refractivity contribution in [2.75, 3.05) is 6.54 Å². The molecule has 1 unspecified atom stereocenters. The van der Waals surface area contributed by atoms with Crippen molar-refractivity contribution in [3.05, 3.63) is 70.1 Å². The van der Waals surface area contributed by atoms with Crippen molar-refractivity contribution >= 4 is 40.7 Å². The molecule has 1 N–H and O–H groups in total. The second-order valence-corrected chi connectivity index (χ2v) is 8.35. The first-order valence-electron chi connectivity index (χ1n) is 9.31. The van der Waals surface area contributed by atoms with Gasteiger partial charge in [-0.1, -0.05) is 11.6 Å². The molecule has 1 aliphatic heterocycles. The topological polar surface area (TPSA) is 81.2 Å². The number of Topliss-reactive ketones (excluding diaryl/α,β-unsaturated/α-hetero) is 1. The average molecular weight is 440 g/mol. The van der Waals surface area contributed by atoms with Crippen molar-refractivity contribution in [3.63, 3.8) is 0 Å². The lowest BCUT2D eigenvalue weighted by molar-refractivity contribution is -0.116. The molecule has 0 spiro atoms. The number of carbonyl (C=O) groups is 2. The number of carbonyl (C=O) groups excluding carboxylic acids is 2. The van der Waals surface area contributed by atoms with Gasteiger partial charge in [-0.25, -0.2) is 9.97 Å². The molecule has 6 nitrogen and oxygen atoms in total. The quantitative estimate of drug-likeness (QED) is 0.460. The molecule has 30 heavy (non-hydrogen) atoms. The molecule has 3 heterocycles. The third-order valence-corrected chi connectivity index (χ3v) is 6.12. The van der Waals surface area contributed by atoms with E-state index in [0.717, 1.165) is 21.6 Å². The van der Waals surface area contributed by atoms with E-state index in [0.29, 0.717) is 28.6 Å². The van der Waals surface area contributed by atoms with Gasteiger partial charge >= 0.3 is 0 Å². The van der Waals surface area contributed by atoms with Crippen LogP contribution in [0.5, 0.6) is 5.75 Å². The summed E-state index contributed by atoms with van der Waals surface area (Å²) in [5.74, 6) is 0.479. The van der Waals surface area contributed by atoms with Gasteiger partial charge in [-0.15, -0.1) is 11.3 Å². The van der Waals surface area contributed by atoms with Crippen LogP contribution in [0, 0.1) is 0 Å². The molecule has 1 aromatic carbocycles. The maximum absolute atomic E-state index is 12.1. The summed E-state index contributed by atoms with van der Waals surface area (Å²) in [7, 11) is 0. The SMILES string of the molecule is CC(=O)c1ccc(-c2cc(Cl)c3c(c2)CC(CNC(=O)/C=C/c2cncnc2)O3)s1. The van der Waals surface area contributed by atoms with Gasteiger partial charge < -0.3 is 10.1 Å². The van der Waals surface area contributed by atoms with Crippen LogP contribution in [-0.4, -0.2) is 34.3 Å². The first-order chi connectivity index (χ1) is 14.5. The zero-order valence-corrected chi connectivity index (χ0v) is 17.7. The molecule has 0 aliphatic carbocycles. The Bertz CT molecular complexity index is 1130. The van der Waals surface area contributed by atoms with Gasteiger partial charge in [-0.2, -0.15) is 0 Å². The van der Waals surface area contributed by atoms with Gasteiger partial charge in [0.15, 0.2) is 5.78 Å². The van der Waals surface area contributed by atoms with E-state index in [2.05, 4.69) is 15.3 Å². The molecule has 4 rings (SSSR count). The van der Waals surface area contributed by atoms with Crippen LogP contribution in [0.3, 0.4) is 0 Å². The maximum Gasteiger partial charge on any atom is 0.244 e. The number of fused-ring (bicyclic) bond motifs is 1. The Hall–Kier alpha value is -3.03. The monoisotopic (exact) mass is 439 g/mol. The van der Waals surface area contributed by atoms with Gasteiger partial charge in [-0.3, -0.25) is 9.59 Å². The fourth-order valence-corrected chi connectivity index (χ4v) is 4.34. The van der Waals surface area contributed by atoms with Crippen molar-refractivity contribution in [2.45, 2.75) is 19.4 Å². The van der Waals surface area contributed by atoms with Crippen LogP contribution < -0.4 is 10.1 Å². The molecule has 1 amide bonds. The van der Waals surface area contributed by atoms with E-state index in [-0.39, 0.29) is 17.8 Å². The molecule has 0 radical (unpaired) electrons. The number of aromatic nitrogens is 2. The third kappa shape index (κ3) is 4.58. The van der Waals surface area contributed by atoms with Crippen LogP contribution in [0.1, 0.15) is 27.7 Å². The van der Waals surface area contributed by atoms with E-state index < -0.39 is 0 Å². The first kappa shape index (κ1) is 20.3. The minimum absolute atomic E-state index is 0.0477. The van der Waals surface area contributed by atoms with Crippen LogP contribution in [0.2, 0.25) is 5.02 Å². The second-order valence-electron chi connectivity index (χ2n) is 6.86. The number of hydrogen-bond acceptors (Lipinski definition) is 6. The molecule has 3 aromatic rings. The molecule has 0 bridgehead atoms. The van der Waals surface area contributed by atoms with E-state index in [4.69, 9.17) is 16.3 Å². The van der Waals surface area contributed by atoms with Crippen molar-refractivity contribution in [1.82, 2.24) is 15.3 Å². The molecule has 0 saturated heterocycles. The zero-order chi connectivity index (χ0) is 21.1. The van der Waals surface area contributed by atoms with Crippen LogP contribution in [0.15, 0.2) is 49.1 Å². The van der Waals surface area contributed by atoms with Crippen LogP contribution in [-0.2, 0) is 11.2 Å². The Kier molecular flexibility index (Phi) is 5.92. The lowest BCUT2D eigenvalue weighted by atomic mass is 10.1. The number of halogens is 1. The molecule has 0 saturated carbocycles. The van der Waals surface area contributed by atoms with Gasteiger partial charge in [0.05, 0.1) is 16.4 Å². The zero-order valence-electron chi connectivity index (χ0n) is 16.1. The van der Waals surface area contributed by atoms with E-state index in [1.165, 1.54) is 23.7 Å². The van der Waals surface area contributed by atoms with Crippen molar-refractivity contribution in [1.29, 1.82) is 0 Å². The predicted molar refractivity (Wildman–Crippen MR) is 117 cm³/mol. The third-order valence-electron chi connectivity index (χ3n) is 4.60. The highest BCUT2D eigenvalue weighted by atomic mass is 35.5. The highest BCUT2D eigenvalue weighted by Crippen LogP contribution is 2.41. The summed E-state index contributed by atoms with van der Waals surface area (Å²) in [6.07, 6.45) is 8.23. The smallest absolute Gasteiger partial charge is 0.244 e. The summed E-state index contributed by atoms with van der Waals surface area (Å²) in [6, 6.07) is 7.64. The largest absolute Gasteiger partial charge is 0.486 e. The highest BCUT2D eigenvalue weighted by molar-refractivity contribution is 7.17. The van der Waals surface area contributed by atoms with E-state index in [1.807, 2.05) is 24.3 Å². The fraction of sp³-hybridized carbons (Fsp3) is 0.182. The number of hydrogen-bond donors (Lipinski definition) is 1. The fourth-order valence-electron chi connectivity index (χ4n) is 3.17. The number of thiophene rings is 1. The number of benzene rings is 1. The normalized spacial score (nSPS) is 15.1. The lowest BCUT2D eigenvalue weighted by Crippen LogP contribution is -2.33. The number of ketones is 1. The van der Waals surface area contributed by atoms with Gasteiger partial charge in [0, 0.05) is 40.9 Å². The van der Waals surface area contributed by atoms with E-state index >= 15 is 0 Å². The Morgan fingerprint density at radius 3 is 2.83 bits per heavy atom. The summed E-state index contributed by atoms with van der Waals surface area (Å²) in [6.45, 7) is 1.92. The van der Waals surface area contributed by atoms with Crippen LogP contribution >= 0.6 is 22.9 Å². The molecule has 152 valence electrons. The van der Waals surface area contributed by atoms with Crippen LogP contribution in [0.25, 0.3) is 16.5 Å². The Labute approximate surface area is 182 Å². The molecular weight excluding hydrogens is 422 g/mol. The summed E-state index contributed by atoms with van der Waals surface area (Å²) in [5, 5.41) is 3.37. The number of nitrogens with zero attached hydrogens (tertiary/aromatic N) is 2. The number of ether oxygens (including phenoxy) is 1. The second kappa shape index (κ2) is 8.77. The minimum Gasteiger partial charge on any atom is -0.486 e. The van der Waals surface area contributed by atoms with Crippen molar-refractivity contribution < 1.29 is 14.3 Å². The number of nitrogens with one attached hydrogen (secondary N) is 1. The summed E-state index contributed by atoms with van der Waals surface area (Å²) >= 11 is 7.89. The van der Waals surface area contributed by atoms with Crippen molar-refractivity contribution in [3.8, 4) is 16.2 Å². The lowest BCUT2D eigenvalue weighted by Gasteiger charge is -2.11. The first-order valence-corrected chi connectivity index (χ1v) is 10.5. The Morgan fingerprint density at radius 2 is 2.10 bits per heavy atom. The minimum atomic E-state index is -0.222. The molecule has 1 atom stereocenters. The molecule has 1 aliphatic rings. The summed E-state index contributed by atoms with van der Waals surface area (Å²) in [5.41, 5.74) is 2.70. The van der Waals surface area contributed by atoms with Crippen LogP contribution in [0.4, 0.5) is 0 Å². The maximum atomic E-state index is 12.1. The molecule has 2 aromatic heterocycles. The van der Waals surface area contributed by atoms with Gasteiger partial charge in [-0.05, 0) is 42.8 Å². The Morgan fingerprint density at radius 1 is 1.30 bits per heavy atom. The van der Waals surface area contributed by atoms with E-state index in [9.17, 15) is 9.59 Å². The van der Waals surface area contributed by atoms with Gasteiger partial charge in [0.25, 0.3) is 0 Å². The number of amides is 1. The summed E-state index contributed by atoms with van der Waals surface area (Å²) in [4.78, 5) is 33.1. The van der Waals surface area contributed by atoms with E-state index in [1.54, 1.807) is 25.4 Å². The highest BCUT2D eigenvalue weighted by Gasteiger charge is 2.26. The van der Waals surface area contributed by atoms with Gasteiger partial charge in [0.1, 0.15) is 18.2 Å². The number of rotatable bonds is 6. The average Bonchev–Trinajstić information content (AvgIpc) is 3.39. The molecular formula is C22H18ClN3O3S. The molecule has 8 heteroatoms. The van der Waals surface area contributed by atoms with Gasteiger partial charge in [0.2, 0.25) is 5.91 Å². The summed E-state index contributed by atoms with van der Waals surface area (Å²) < 4.78 is 5.94. The standard InChI is InChI=1S/C22H18ClN3O3S/c1-13(27)19-3-4-20(30-19)15-6-16-7-17(29-22(16)18(23)8-15)11-26-21(28)5-2-14-9-24-12-25-10-14/h2-6,8-10,12,17H,7,11H2,1H3,(H,26,28)/b5-2+. The Balaban J connectivity index is 1.39. The molecule has 0 fully saturated rings. The predicted octanol–water partition coefficient (Wildman–Crippen LogP) is 4.19. The van der Waals surface area contributed by atoms with Crippen molar-refractivity contribution in [2.24, 2.45) is 0 Å².